The zero-order valence-corrected chi connectivity index (χ0v) is 70.7. The van der Waals surface area contributed by atoms with Gasteiger partial charge >= 0.3 is 0 Å². The van der Waals surface area contributed by atoms with E-state index in [0.29, 0.717) is 98.0 Å². The molecule has 9 heterocycles. The highest BCUT2D eigenvalue weighted by atomic mass is 32.2. The third kappa shape index (κ3) is 28.6. The molecule has 1 N–H and O–H groups in total. The Morgan fingerprint density at radius 3 is 1.37 bits per heavy atom. The first-order chi connectivity index (χ1) is 49.8. The average Bonchev–Trinajstić information content (AvgIpc) is 1.69. The molecule has 107 heavy (non-hydrogen) atoms. The van der Waals surface area contributed by atoms with Gasteiger partial charge in [-0.05, 0) is 200 Å². The summed E-state index contributed by atoms with van der Waals surface area (Å²) in [6.07, 6.45) is 9.47. The molecule has 2 unspecified atom stereocenters. The van der Waals surface area contributed by atoms with Gasteiger partial charge in [0.1, 0.15) is 11.4 Å². The minimum absolute atomic E-state index is 0.102. The van der Waals surface area contributed by atoms with Crippen LogP contribution in [-0.4, -0.2) is 127 Å². The lowest BCUT2D eigenvalue weighted by Gasteiger charge is -2.24. The number of aromatic hydroxyl groups is 1. The van der Waals surface area contributed by atoms with Crippen molar-refractivity contribution in [3.05, 3.63) is 167 Å². The fourth-order valence-electron chi connectivity index (χ4n) is 10.2. The van der Waals surface area contributed by atoms with Gasteiger partial charge in [-0.2, -0.15) is 5.10 Å². The third-order valence-electron chi connectivity index (χ3n) is 17.2. The van der Waals surface area contributed by atoms with E-state index in [4.69, 9.17) is 19.3 Å². The number of alkyl halides is 2. The lowest BCUT2D eigenvalue weighted by atomic mass is 9.87. The molecule has 1 saturated heterocycles. The van der Waals surface area contributed by atoms with E-state index in [0.717, 1.165) is 63.9 Å². The zero-order valence-electron chi connectivity index (χ0n) is 67.4. The zero-order chi connectivity index (χ0) is 80.6. The van der Waals surface area contributed by atoms with Crippen molar-refractivity contribution in [1.82, 2.24) is 44.5 Å². The number of sulfone groups is 3. The Morgan fingerprint density at radius 2 is 1.01 bits per heavy atom. The number of nitrogens with zero attached hydrogens (tertiary/aromatic N) is 9. The maximum Gasteiger partial charge on any atom is 0.280 e. The highest BCUT2D eigenvalue weighted by molar-refractivity contribution is 7.93. The van der Waals surface area contributed by atoms with E-state index in [2.05, 4.69) is 81.5 Å². The number of hydrogen-bond donors (Lipinski definition) is 1. The quantitative estimate of drug-likeness (QED) is 0.0742. The van der Waals surface area contributed by atoms with E-state index in [1.165, 1.54) is 35.6 Å². The number of hydrogen-bond acceptors (Lipinski definition) is 19. The Kier molecular flexibility index (Phi) is 36.2. The van der Waals surface area contributed by atoms with E-state index in [-0.39, 0.29) is 46.1 Å². The minimum atomic E-state index is -3.28. The predicted octanol–water partition coefficient (Wildman–Crippen LogP) is 18.6. The van der Waals surface area contributed by atoms with Gasteiger partial charge in [-0.3, -0.25) is 29.1 Å². The Bertz CT molecular complexity index is 4410. The summed E-state index contributed by atoms with van der Waals surface area (Å²) < 4.78 is 126. The smallest absolute Gasteiger partial charge is 0.280 e. The fraction of sp³-hybridized carbons (Fsp3) is 0.556. The Labute approximate surface area is 640 Å². The normalized spacial score (nSPS) is 14.3. The fourth-order valence-corrected chi connectivity index (χ4v) is 15.5. The summed E-state index contributed by atoms with van der Waals surface area (Å²) in [6.45, 7) is 46.4. The summed E-state index contributed by atoms with van der Waals surface area (Å²) in [7, 11) is -8.94. The van der Waals surface area contributed by atoms with Crippen LogP contribution in [0.3, 0.4) is 0 Å². The molecular formula is C81H119F2N9O11S4. The van der Waals surface area contributed by atoms with Gasteiger partial charge in [-0.25, -0.2) is 48.5 Å². The predicted molar refractivity (Wildman–Crippen MR) is 424 cm³/mol. The van der Waals surface area contributed by atoms with Crippen molar-refractivity contribution in [2.45, 2.75) is 268 Å². The molecule has 20 nitrogen and oxygen atoms in total. The van der Waals surface area contributed by atoms with Gasteiger partial charge < -0.3 is 19.3 Å². The maximum absolute atomic E-state index is 12.8. The number of aryl methyl sites for hydroxylation is 2. The van der Waals surface area contributed by atoms with Gasteiger partial charge in [-0.1, -0.05) is 117 Å². The van der Waals surface area contributed by atoms with Crippen molar-refractivity contribution in [2.75, 3.05) is 31.8 Å². The molecular weight excluding hydrogens is 1440 g/mol. The molecule has 0 spiro atoms. The molecule has 8 aromatic heterocycles. The lowest BCUT2D eigenvalue weighted by Crippen LogP contribution is -2.28. The first-order valence-corrected chi connectivity index (χ1v) is 42.9. The van der Waals surface area contributed by atoms with Crippen molar-refractivity contribution >= 4 is 46.0 Å². The van der Waals surface area contributed by atoms with Crippen molar-refractivity contribution in [3.8, 4) is 17.4 Å². The van der Waals surface area contributed by atoms with Gasteiger partial charge in [0.2, 0.25) is 0 Å². The molecule has 2 aliphatic rings. The van der Waals surface area contributed by atoms with Crippen molar-refractivity contribution in [2.24, 2.45) is 11.8 Å². The molecule has 10 rings (SSSR count). The molecule has 1 aliphatic heterocycles. The van der Waals surface area contributed by atoms with Crippen molar-refractivity contribution in [3.63, 3.8) is 0 Å². The summed E-state index contributed by atoms with van der Waals surface area (Å²) in [6, 6.07) is 23.1. The molecule has 592 valence electrons. The van der Waals surface area contributed by atoms with Crippen LogP contribution in [0.1, 0.15) is 276 Å². The van der Waals surface area contributed by atoms with Gasteiger partial charge in [0, 0.05) is 82.1 Å². The molecule has 0 amide bonds. The Balaban J connectivity index is 0.000000265. The standard InChI is InChI=1S/C13H19NO3S.C13H19NO2S.C12H19NO2S.C12H19NO2.C11H13F2N3.C11H17NOS.C9H13NO/c1-10(2)13-4-3-12(7-14-13)18(15,16)9-11-5-6-17-8-11;1-10(2)13-7-6-12(8-14-13)17(15,16)9-11-4-3-5-11;1-9(2)11-7-6-10(8-13-11)16(14,15)12(3,4)5;1-8(2)10-6-7-11(15-9(3)4)12(13-10)14-5;1-6(2)8-5-14-16-9(10(12)13)4-7(3)15-11(8)16;1-8(2)11-6-5-10(7-12-11)14(13)9(3)4;1-6(2)8-4-5-9(11)7(3)10-8/h3-4,7,10-11H,5-6,8-9H2,1-2H3;6-8,10-11H,3-5,9H2,1-2H3;6-9H,1-5H3;6-9H,1-5H3;4-6,10H,1-3H3;5-9H,1-4H3;4-6,11H,1-3H3. The van der Waals surface area contributed by atoms with Crippen LogP contribution in [0.5, 0.6) is 17.4 Å². The van der Waals surface area contributed by atoms with Crippen LogP contribution in [0.25, 0.3) is 5.65 Å². The van der Waals surface area contributed by atoms with E-state index in [1.807, 2.05) is 119 Å². The third-order valence-corrected chi connectivity index (χ3v) is 25.0. The number of aromatic nitrogens is 9. The molecule has 0 bridgehead atoms. The highest BCUT2D eigenvalue weighted by Gasteiger charge is 2.32. The highest BCUT2D eigenvalue weighted by Crippen LogP contribution is 2.32. The van der Waals surface area contributed by atoms with Crippen LogP contribution >= 0.6 is 0 Å². The molecule has 8 aromatic rings. The number of fused-ring (bicyclic) bond motifs is 1. The van der Waals surface area contributed by atoms with E-state index < -0.39 is 51.5 Å². The summed E-state index contributed by atoms with van der Waals surface area (Å²) in [5, 5.41) is 13.3. The Hall–Kier alpha value is -7.26. The van der Waals surface area contributed by atoms with E-state index in [9.17, 15) is 38.2 Å². The second-order valence-corrected chi connectivity index (χ2v) is 39.3. The van der Waals surface area contributed by atoms with Crippen molar-refractivity contribution in [1.29, 1.82) is 0 Å². The molecule has 0 radical (unpaired) electrons. The van der Waals surface area contributed by atoms with Gasteiger partial charge in [0.15, 0.2) is 40.9 Å². The number of methoxy groups -OCH3 is 1. The van der Waals surface area contributed by atoms with E-state index >= 15 is 0 Å². The second kappa shape index (κ2) is 42.1. The second-order valence-electron chi connectivity index (χ2n) is 30.5. The topological polar surface area (TPSA) is 275 Å². The maximum atomic E-state index is 12.8. The monoisotopic (exact) mass is 1560 g/mol. The summed E-state index contributed by atoms with van der Waals surface area (Å²) >= 11 is 0. The minimum Gasteiger partial charge on any atom is -0.506 e. The summed E-state index contributed by atoms with van der Waals surface area (Å²) in [4.78, 5) is 31.6. The van der Waals surface area contributed by atoms with Gasteiger partial charge in [0.25, 0.3) is 12.3 Å². The van der Waals surface area contributed by atoms with Gasteiger partial charge in [-0.15, -0.1) is 0 Å². The van der Waals surface area contributed by atoms with Crippen LogP contribution in [0.4, 0.5) is 8.78 Å². The lowest BCUT2D eigenvalue weighted by molar-refractivity contribution is 0.143. The van der Waals surface area contributed by atoms with Crippen molar-refractivity contribution < 1.29 is 57.6 Å². The van der Waals surface area contributed by atoms with E-state index in [1.54, 1.807) is 90.5 Å². The number of halogens is 2. The molecule has 1 saturated carbocycles. The molecule has 0 aromatic carbocycles. The van der Waals surface area contributed by atoms with Crippen LogP contribution in [0.2, 0.25) is 0 Å². The first-order valence-electron chi connectivity index (χ1n) is 36.9. The van der Waals surface area contributed by atoms with Gasteiger partial charge in [0.05, 0.1) is 78.3 Å². The number of ether oxygens (including phenoxy) is 3. The molecule has 26 heteroatoms. The number of pyridine rings is 6. The average molecular weight is 1560 g/mol. The first kappa shape index (κ1) is 92.1. The molecule has 1 aliphatic carbocycles. The largest absolute Gasteiger partial charge is 0.506 e. The summed E-state index contributed by atoms with van der Waals surface area (Å²) in [5.74, 6) is 4.90. The van der Waals surface area contributed by atoms with Crippen LogP contribution in [0.15, 0.2) is 129 Å². The molecule has 2 atom stereocenters. The number of rotatable bonds is 20. The molecule has 2 fully saturated rings. The summed E-state index contributed by atoms with van der Waals surface area (Å²) in [5.41, 5.74) is 8.48. The SMILES string of the molecule is CC(C)c1ccc(S(=O)(=O)C(C)(C)C)cn1.CC(C)c1ccc(S(=O)(=O)CC2CCC2)cn1.CC(C)c1ccc(S(=O)(=O)CC2CCOC2)cn1.CC(C)c1ccc(S(=O)C(C)C)cn1.COc1nc(C(C)C)ccc1OC(C)C.Cc1cc(C(F)F)n2ncc(C(C)C)c2n1.Cc1nc(C(C)C)ccc1O. The Morgan fingerprint density at radius 1 is 0.561 bits per heavy atom. The van der Waals surface area contributed by atoms with Crippen LogP contribution < -0.4 is 9.47 Å². The van der Waals surface area contributed by atoms with Crippen LogP contribution in [0, 0.1) is 25.7 Å². The van der Waals surface area contributed by atoms with Crippen LogP contribution in [-0.2, 0) is 45.0 Å².